The van der Waals surface area contributed by atoms with Crippen molar-refractivity contribution < 1.29 is 4.74 Å². The fourth-order valence-electron chi connectivity index (χ4n) is 8.86. The number of benzene rings is 7. The van der Waals surface area contributed by atoms with E-state index in [-0.39, 0.29) is 12.2 Å². The number of aryl methyl sites for hydroxylation is 1. The first-order valence-electron chi connectivity index (χ1n) is 19.1. The van der Waals surface area contributed by atoms with Crippen molar-refractivity contribution >= 4 is 60.3 Å². The number of hydrogen-bond acceptors (Lipinski definition) is 1. The van der Waals surface area contributed by atoms with Crippen molar-refractivity contribution in [1.82, 2.24) is 0 Å². The first-order chi connectivity index (χ1) is 26.0. The van der Waals surface area contributed by atoms with Crippen LogP contribution in [0.2, 0.25) is 0 Å². The minimum absolute atomic E-state index is 0.0990. The highest BCUT2D eigenvalue weighted by Crippen LogP contribution is 2.43. The smallest absolute Gasteiger partial charge is 0.0834 e. The van der Waals surface area contributed by atoms with Crippen LogP contribution < -0.4 is 0 Å². The minimum Gasteiger partial charge on any atom is -0.366 e. The van der Waals surface area contributed by atoms with Crippen molar-refractivity contribution in [3.8, 4) is 0 Å². The molecule has 0 amide bonds. The van der Waals surface area contributed by atoms with Gasteiger partial charge in [-0.3, -0.25) is 0 Å². The second kappa shape index (κ2) is 13.0. The van der Waals surface area contributed by atoms with E-state index in [2.05, 4.69) is 178 Å². The van der Waals surface area contributed by atoms with E-state index < -0.39 is 0 Å². The van der Waals surface area contributed by atoms with Gasteiger partial charge in [0.25, 0.3) is 0 Å². The Kier molecular flexibility index (Phi) is 7.85. The zero-order valence-electron chi connectivity index (χ0n) is 30.4. The average molecular weight is 683 g/mol. The number of rotatable bonds is 5. The summed E-state index contributed by atoms with van der Waals surface area (Å²) in [5, 5.41) is 10.3. The normalized spacial score (nSPS) is 20.0. The number of allylic oxidation sites excluding steroid dienone is 9. The molecule has 0 N–H and O–H groups in total. The Morgan fingerprint density at radius 3 is 1.96 bits per heavy atom. The zero-order valence-corrected chi connectivity index (χ0v) is 30.4. The highest BCUT2D eigenvalue weighted by Gasteiger charge is 2.28. The highest BCUT2D eigenvalue weighted by atomic mass is 16.5. The Morgan fingerprint density at radius 1 is 0.642 bits per heavy atom. The van der Waals surface area contributed by atoms with Crippen LogP contribution in [0.4, 0.5) is 0 Å². The van der Waals surface area contributed by atoms with Gasteiger partial charge in [0.2, 0.25) is 0 Å². The average Bonchev–Trinajstić information content (AvgIpc) is 3.71. The highest BCUT2D eigenvalue weighted by molar-refractivity contribution is 6.09. The molecule has 0 aromatic heterocycles. The van der Waals surface area contributed by atoms with Crippen molar-refractivity contribution in [2.75, 3.05) is 0 Å². The summed E-state index contributed by atoms with van der Waals surface area (Å²) in [4.78, 5) is 0. The molecule has 0 bridgehead atoms. The summed E-state index contributed by atoms with van der Waals surface area (Å²) in [5.41, 5.74) is 11.7. The largest absolute Gasteiger partial charge is 0.366 e. The van der Waals surface area contributed by atoms with Gasteiger partial charge in [0, 0.05) is 5.92 Å². The minimum atomic E-state index is 0.0990. The molecule has 3 atom stereocenters. The quantitative estimate of drug-likeness (QED) is 0.130. The summed E-state index contributed by atoms with van der Waals surface area (Å²) in [5.74, 6) is 0.520. The molecule has 3 unspecified atom stereocenters. The molecular formula is C52H42O. The molecule has 0 radical (unpaired) electrons. The number of ether oxygens (including phenoxy) is 1. The van der Waals surface area contributed by atoms with Gasteiger partial charge in [-0.25, -0.2) is 0 Å². The van der Waals surface area contributed by atoms with Crippen LogP contribution >= 0.6 is 0 Å². The lowest BCUT2D eigenvalue weighted by Crippen LogP contribution is -2.05. The molecule has 2 aliphatic carbocycles. The molecular weight excluding hydrogens is 641 g/mol. The third-order valence-corrected chi connectivity index (χ3v) is 11.9. The van der Waals surface area contributed by atoms with Crippen LogP contribution in [-0.4, -0.2) is 0 Å². The lowest BCUT2D eigenvalue weighted by molar-refractivity contribution is 0.0442. The Hall–Kier alpha value is -5.76. The van der Waals surface area contributed by atoms with E-state index in [1.165, 1.54) is 93.2 Å². The molecule has 1 heteroatoms. The van der Waals surface area contributed by atoms with Gasteiger partial charge in [0.05, 0.1) is 12.2 Å². The summed E-state index contributed by atoms with van der Waals surface area (Å²) in [6.45, 7) is 4.38. The monoisotopic (exact) mass is 682 g/mol. The van der Waals surface area contributed by atoms with E-state index in [1.807, 2.05) is 0 Å². The van der Waals surface area contributed by atoms with Crippen LogP contribution in [0.25, 0.3) is 60.3 Å². The Labute approximate surface area is 311 Å². The fourth-order valence-corrected chi connectivity index (χ4v) is 8.86. The van der Waals surface area contributed by atoms with Crippen molar-refractivity contribution in [3.63, 3.8) is 0 Å². The van der Waals surface area contributed by atoms with Crippen LogP contribution in [0.3, 0.4) is 0 Å². The first kappa shape index (κ1) is 31.9. The van der Waals surface area contributed by atoms with Crippen LogP contribution in [-0.2, 0) is 4.74 Å². The fraction of sp³-hybridized carbons (Fsp3) is 0.154. The number of fused-ring (bicyclic) bond motifs is 7. The summed E-state index contributed by atoms with van der Waals surface area (Å²) in [7, 11) is 0. The predicted molar refractivity (Wildman–Crippen MR) is 226 cm³/mol. The molecule has 1 fully saturated rings. The molecule has 1 heterocycles. The Balaban J connectivity index is 0.872. The Morgan fingerprint density at radius 2 is 1.26 bits per heavy atom. The van der Waals surface area contributed by atoms with Crippen molar-refractivity contribution in [3.05, 3.63) is 197 Å². The van der Waals surface area contributed by atoms with Gasteiger partial charge in [0.1, 0.15) is 0 Å². The maximum Gasteiger partial charge on any atom is 0.0834 e. The van der Waals surface area contributed by atoms with Gasteiger partial charge < -0.3 is 4.74 Å². The molecule has 7 aromatic carbocycles. The lowest BCUT2D eigenvalue weighted by Gasteiger charge is -2.21. The SMILES string of the molecule is C/C(=C\c1ccccc1C)c1ccc2c(ccc3cc(C4CCC(c5ccc6c(ccc7cc(C8=CCC9C=CC=CC9=C8)ccc76)c5)O4)ccc32)c1. The van der Waals surface area contributed by atoms with E-state index in [1.54, 1.807) is 0 Å². The molecule has 1 nitrogen and oxygen atoms in total. The van der Waals surface area contributed by atoms with Crippen LogP contribution in [0, 0.1) is 12.8 Å². The third kappa shape index (κ3) is 5.86. The molecule has 256 valence electrons. The second-order valence-corrected chi connectivity index (χ2v) is 15.2. The lowest BCUT2D eigenvalue weighted by atomic mass is 9.83. The Bertz CT molecular complexity index is 2770. The van der Waals surface area contributed by atoms with Crippen LogP contribution in [0.15, 0.2) is 163 Å². The molecule has 10 rings (SSSR count). The summed E-state index contributed by atoms with van der Waals surface area (Å²) in [6, 6.07) is 45.4. The van der Waals surface area contributed by atoms with Crippen molar-refractivity contribution in [2.24, 2.45) is 5.92 Å². The van der Waals surface area contributed by atoms with E-state index in [4.69, 9.17) is 4.74 Å². The van der Waals surface area contributed by atoms with Gasteiger partial charge in [0.15, 0.2) is 0 Å². The topological polar surface area (TPSA) is 9.23 Å². The zero-order chi connectivity index (χ0) is 35.5. The van der Waals surface area contributed by atoms with E-state index in [0.717, 1.165) is 19.3 Å². The van der Waals surface area contributed by atoms with Gasteiger partial charge in [-0.05, 0) is 151 Å². The molecule has 7 aromatic rings. The van der Waals surface area contributed by atoms with E-state index >= 15 is 0 Å². The van der Waals surface area contributed by atoms with Gasteiger partial charge >= 0.3 is 0 Å². The maximum absolute atomic E-state index is 6.80. The summed E-state index contributed by atoms with van der Waals surface area (Å²) >= 11 is 0. The molecule has 53 heavy (non-hydrogen) atoms. The maximum atomic E-state index is 6.80. The second-order valence-electron chi connectivity index (χ2n) is 15.2. The summed E-state index contributed by atoms with van der Waals surface area (Å²) < 4.78 is 6.80. The molecule has 0 saturated carbocycles. The van der Waals surface area contributed by atoms with E-state index in [0.29, 0.717) is 5.92 Å². The molecule has 3 aliphatic rings. The van der Waals surface area contributed by atoms with Crippen LogP contribution in [0.1, 0.15) is 71.8 Å². The molecule has 1 aliphatic heterocycles. The van der Waals surface area contributed by atoms with Crippen molar-refractivity contribution in [2.45, 2.75) is 45.3 Å². The van der Waals surface area contributed by atoms with E-state index in [9.17, 15) is 0 Å². The van der Waals surface area contributed by atoms with Gasteiger partial charge in [-0.15, -0.1) is 0 Å². The molecule has 0 spiro atoms. The van der Waals surface area contributed by atoms with Crippen LogP contribution in [0.5, 0.6) is 0 Å². The summed E-state index contributed by atoms with van der Waals surface area (Å²) in [6.07, 6.45) is 19.2. The first-order valence-corrected chi connectivity index (χ1v) is 19.1. The van der Waals surface area contributed by atoms with Gasteiger partial charge in [-0.2, -0.15) is 0 Å². The third-order valence-electron chi connectivity index (χ3n) is 11.9. The molecule has 1 saturated heterocycles. The predicted octanol–water partition coefficient (Wildman–Crippen LogP) is 14.2. The standard InChI is InChI=1S/C52H42O/c1-33-7-3-4-9-36(33)27-34(2)37-17-21-47-41(28-37)13-15-43-31-45(19-23-49(43)47)51-25-26-52(53-51)46-20-24-50-44(32-46)16-14-42-30-40(18-22-48(42)50)39-12-11-35-8-5-6-10-38(35)29-39/h3-10,12-24,27-32,35,51-52H,11,25-26H2,1-2H3/b34-27+. The van der Waals surface area contributed by atoms with Crippen molar-refractivity contribution in [1.29, 1.82) is 0 Å². The van der Waals surface area contributed by atoms with Gasteiger partial charge in [-0.1, -0.05) is 140 Å². The number of hydrogen-bond donors (Lipinski definition) is 0.